The van der Waals surface area contributed by atoms with Crippen LogP contribution < -0.4 is 5.73 Å². The van der Waals surface area contributed by atoms with E-state index in [1.807, 2.05) is 0 Å². The molecule has 16 heavy (non-hydrogen) atoms. The number of hydrogen-bond donors (Lipinski definition) is 1. The monoisotopic (exact) mass is 223 g/mol. The molecule has 2 rings (SSSR count). The second-order valence-corrected chi connectivity index (χ2v) is 6.35. The van der Waals surface area contributed by atoms with Crippen LogP contribution in [0.3, 0.4) is 0 Å². The lowest BCUT2D eigenvalue weighted by Crippen LogP contribution is -2.28. The van der Waals surface area contributed by atoms with Gasteiger partial charge in [-0.1, -0.05) is 33.1 Å². The summed E-state index contributed by atoms with van der Waals surface area (Å²) in [4.78, 5) is 0. The van der Waals surface area contributed by atoms with Crippen molar-refractivity contribution in [2.24, 2.45) is 29.4 Å². The van der Waals surface area contributed by atoms with Crippen molar-refractivity contribution in [3.8, 4) is 0 Å². The second-order valence-electron chi connectivity index (χ2n) is 6.35. The molecule has 0 saturated heterocycles. The van der Waals surface area contributed by atoms with Crippen molar-refractivity contribution in [2.45, 2.75) is 71.3 Å². The average Bonchev–Trinajstić information content (AvgIpc) is 2.87. The zero-order chi connectivity index (χ0) is 11.5. The third kappa shape index (κ3) is 2.80. The molecule has 0 aromatic heterocycles. The van der Waals surface area contributed by atoms with E-state index in [9.17, 15) is 0 Å². The molecule has 2 bridgehead atoms. The van der Waals surface area contributed by atoms with E-state index in [1.165, 1.54) is 51.4 Å². The third-order valence-corrected chi connectivity index (χ3v) is 5.28. The second kappa shape index (κ2) is 5.53. The minimum absolute atomic E-state index is 0.481. The SMILES string of the molecule is CCC(CC)CC(N)CC1CC2CCC1C2. The molecule has 2 aliphatic rings. The van der Waals surface area contributed by atoms with Crippen LogP contribution in [0.15, 0.2) is 0 Å². The first-order valence-electron chi connectivity index (χ1n) is 7.48. The summed E-state index contributed by atoms with van der Waals surface area (Å²) in [6.07, 6.45) is 11.3. The molecule has 0 aliphatic heterocycles. The molecule has 4 atom stereocenters. The van der Waals surface area contributed by atoms with Crippen LogP contribution in [0.5, 0.6) is 0 Å². The van der Waals surface area contributed by atoms with Gasteiger partial charge in [0.2, 0.25) is 0 Å². The first-order valence-corrected chi connectivity index (χ1v) is 7.48. The molecule has 0 aromatic carbocycles. The Morgan fingerprint density at radius 3 is 2.38 bits per heavy atom. The molecular weight excluding hydrogens is 194 g/mol. The van der Waals surface area contributed by atoms with E-state index in [4.69, 9.17) is 5.73 Å². The fourth-order valence-electron chi connectivity index (χ4n) is 4.20. The molecule has 0 radical (unpaired) electrons. The van der Waals surface area contributed by atoms with Crippen molar-refractivity contribution < 1.29 is 0 Å². The van der Waals surface area contributed by atoms with Crippen LogP contribution in [0.2, 0.25) is 0 Å². The summed E-state index contributed by atoms with van der Waals surface area (Å²) in [6, 6.07) is 0.481. The smallest absolute Gasteiger partial charge is 0.00442 e. The predicted octanol–water partition coefficient (Wildman–Crippen LogP) is 3.97. The van der Waals surface area contributed by atoms with Crippen LogP contribution in [-0.2, 0) is 0 Å². The normalized spacial score (nSPS) is 34.9. The van der Waals surface area contributed by atoms with Crippen LogP contribution in [-0.4, -0.2) is 6.04 Å². The van der Waals surface area contributed by atoms with Gasteiger partial charge in [-0.25, -0.2) is 0 Å². The van der Waals surface area contributed by atoms with Crippen LogP contribution in [0, 0.1) is 23.7 Å². The molecule has 0 amide bonds. The van der Waals surface area contributed by atoms with E-state index < -0.39 is 0 Å². The average molecular weight is 223 g/mol. The van der Waals surface area contributed by atoms with Crippen molar-refractivity contribution >= 4 is 0 Å². The zero-order valence-corrected chi connectivity index (χ0v) is 11.1. The van der Waals surface area contributed by atoms with E-state index >= 15 is 0 Å². The highest BCUT2D eigenvalue weighted by Crippen LogP contribution is 2.50. The van der Waals surface area contributed by atoms with Gasteiger partial charge in [-0.3, -0.25) is 0 Å². The number of rotatable bonds is 6. The van der Waals surface area contributed by atoms with Crippen molar-refractivity contribution in [3.63, 3.8) is 0 Å². The highest BCUT2D eigenvalue weighted by molar-refractivity contribution is 4.91. The highest BCUT2D eigenvalue weighted by atomic mass is 14.6. The molecule has 2 N–H and O–H groups in total. The van der Waals surface area contributed by atoms with Crippen molar-refractivity contribution in [1.29, 1.82) is 0 Å². The Balaban J connectivity index is 1.72. The van der Waals surface area contributed by atoms with E-state index in [0.29, 0.717) is 6.04 Å². The summed E-state index contributed by atoms with van der Waals surface area (Å²) in [5.74, 6) is 3.99. The Morgan fingerprint density at radius 1 is 1.12 bits per heavy atom. The predicted molar refractivity (Wildman–Crippen MR) is 70.2 cm³/mol. The Hall–Kier alpha value is -0.0400. The van der Waals surface area contributed by atoms with Gasteiger partial charge in [-0.05, 0) is 55.8 Å². The van der Waals surface area contributed by atoms with E-state index in [-0.39, 0.29) is 0 Å². The minimum Gasteiger partial charge on any atom is -0.328 e. The maximum atomic E-state index is 6.34. The summed E-state index contributed by atoms with van der Waals surface area (Å²) >= 11 is 0. The van der Waals surface area contributed by atoms with Gasteiger partial charge < -0.3 is 5.73 Å². The topological polar surface area (TPSA) is 26.0 Å². The Bertz CT molecular complexity index is 209. The van der Waals surface area contributed by atoms with Gasteiger partial charge in [-0.2, -0.15) is 0 Å². The zero-order valence-electron chi connectivity index (χ0n) is 11.1. The van der Waals surface area contributed by atoms with Crippen molar-refractivity contribution in [3.05, 3.63) is 0 Å². The molecular formula is C15H29N. The highest BCUT2D eigenvalue weighted by Gasteiger charge is 2.39. The summed E-state index contributed by atoms with van der Waals surface area (Å²) < 4.78 is 0. The molecule has 1 heteroatoms. The van der Waals surface area contributed by atoms with Crippen LogP contribution in [0.1, 0.15) is 65.2 Å². The van der Waals surface area contributed by atoms with Crippen LogP contribution >= 0.6 is 0 Å². The first-order chi connectivity index (χ1) is 7.72. The molecule has 2 saturated carbocycles. The van der Waals surface area contributed by atoms with Gasteiger partial charge in [0.15, 0.2) is 0 Å². The summed E-state index contributed by atoms with van der Waals surface area (Å²) in [5.41, 5.74) is 6.34. The summed E-state index contributed by atoms with van der Waals surface area (Å²) in [5, 5.41) is 0. The summed E-state index contributed by atoms with van der Waals surface area (Å²) in [7, 11) is 0. The van der Waals surface area contributed by atoms with Crippen molar-refractivity contribution in [2.75, 3.05) is 0 Å². The molecule has 0 heterocycles. The lowest BCUT2D eigenvalue weighted by atomic mass is 9.82. The standard InChI is InChI=1S/C15H29N/c1-3-11(4-2)9-15(16)10-14-8-12-5-6-13(14)7-12/h11-15H,3-10,16H2,1-2H3. The first kappa shape index (κ1) is 12.4. The number of hydrogen-bond acceptors (Lipinski definition) is 1. The van der Waals surface area contributed by atoms with Gasteiger partial charge in [0.05, 0.1) is 0 Å². The van der Waals surface area contributed by atoms with Crippen LogP contribution in [0.25, 0.3) is 0 Å². The maximum absolute atomic E-state index is 6.34. The largest absolute Gasteiger partial charge is 0.328 e. The maximum Gasteiger partial charge on any atom is 0.00442 e. The fourth-order valence-corrected chi connectivity index (χ4v) is 4.20. The Labute approximate surface area is 101 Å². The van der Waals surface area contributed by atoms with E-state index in [1.54, 1.807) is 0 Å². The quantitative estimate of drug-likeness (QED) is 0.724. The summed E-state index contributed by atoms with van der Waals surface area (Å²) in [6.45, 7) is 4.61. The van der Waals surface area contributed by atoms with Crippen molar-refractivity contribution in [1.82, 2.24) is 0 Å². The molecule has 0 aromatic rings. The number of fused-ring (bicyclic) bond motifs is 2. The molecule has 1 nitrogen and oxygen atoms in total. The van der Waals surface area contributed by atoms with Gasteiger partial charge in [0.1, 0.15) is 0 Å². The third-order valence-electron chi connectivity index (χ3n) is 5.28. The van der Waals surface area contributed by atoms with E-state index in [0.717, 1.165) is 23.7 Å². The molecule has 94 valence electrons. The number of nitrogens with two attached hydrogens (primary N) is 1. The van der Waals surface area contributed by atoms with Gasteiger partial charge >= 0.3 is 0 Å². The minimum atomic E-state index is 0.481. The van der Waals surface area contributed by atoms with Gasteiger partial charge in [-0.15, -0.1) is 0 Å². The molecule has 4 unspecified atom stereocenters. The molecule has 2 fully saturated rings. The van der Waals surface area contributed by atoms with Gasteiger partial charge in [0, 0.05) is 6.04 Å². The van der Waals surface area contributed by atoms with Crippen LogP contribution in [0.4, 0.5) is 0 Å². The molecule has 0 spiro atoms. The lowest BCUT2D eigenvalue weighted by Gasteiger charge is -2.26. The Kier molecular flexibility index (Phi) is 4.29. The van der Waals surface area contributed by atoms with Gasteiger partial charge in [0.25, 0.3) is 0 Å². The molecule has 2 aliphatic carbocycles. The lowest BCUT2D eigenvalue weighted by molar-refractivity contribution is 0.274. The Morgan fingerprint density at radius 2 is 1.88 bits per heavy atom. The fraction of sp³-hybridized carbons (Fsp3) is 1.00. The van der Waals surface area contributed by atoms with E-state index in [2.05, 4.69) is 13.8 Å².